The molecule has 4 N–H and O–H groups in total. The highest BCUT2D eigenvalue weighted by molar-refractivity contribution is 5.78. The van der Waals surface area contributed by atoms with Crippen molar-refractivity contribution in [2.75, 3.05) is 13.2 Å². The first-order valence-corrected chi connectivity index (χ1v) is 5.68. The summed E-state index contributed by atoms with van der Waals surface area (Å²) in [6, 6.07) is -0.430. The fourth-order valence-electron chi connectivity index (χ4n) is 1.65. The first kappa shape index (κ1) is 13.9. The van der Waals surface area contributed by atoms with E-state index in [4.69, 9.17) is 15.6 Å². The number of hydrogen-bond acceptors (Lipinski definition) is 4. The summed E-state index contributed by atoms with van der Waals surface area (Å²) in [4.78, 5) is 22.5. The molecule has 1 aliphatic rings. The summed E-state index contributed by atoms with van der Waals surface area (Å²) in [5.74, 6) is -1.76. The Morgan fingerprint density at radius 2 is 2.12 bits per heavy atom. The normalized spacial score (nSPS) is 24.6. The lowest BCUT2D eigenvalue weighted by atomic mass is 9.99. The Morgan fingerprint density at radius 3 is 2.65 bits per heavy atom. The number of nitrogens with two attached hydrogens (primary N) is 1. The molecule has 0 aromatic rings. The topological polar surface area (TPSA) is 102 Å². The summed E-state index contributed by atoms with van der Waals surface area (Å²) in [6.07, 6.45) is 0.858. The molecule has 1 saturated heterocycles. The van der Waals surface area contributed by atoms with E-state index in [1.54, 1.807) is 0 Å². The molecule has 98 valence electrons. The number of amides is 1. The second kappa shape index (κ2) is 5.46. The number of carboxylic acid groups (broad SMARTS) is 1. The number of carbonyl (C=O) groups is 2. The summed E-state index contributed by atoms with van der Waals surface area (Å²) in [5, 5.41) is 11.6. The van der Waals surface area contributed by atoms with Crippen molar-refractivity contribution in [1.82, 2.24) is 5.32 Å². The highest BCUT2D eigenvalue weighted by atomic mass is 16.5. The van der Waals surface area contributed by atoms with Gasteiger partial charge < -0.3 is 20.9 Å². The third-order valence-electron chi connectivity index (χ3n) is 2.74. The van der Waals surface area contributed by atoms with E-state index >= 15 is 0 Å². The molecule has 6 nitrogen and oxygen atoms in total. The van der Waals surface area contributed by atoms with E-state index in [-0.39, 0.29) is 19.1 Å². The monoisotopic (exact) mass is 244 g/mol. The number of carbonyl (C=O) groups excluding carboxylic acids is 1. The molecule has 2 unspecified atom stereocenters. The van der Waals surface area contributed by atoms with Gasteiger partial charge in [-0.05, 0) is 20.3 Å². The Labute approximate surface area is 101 Å². The van der Waals surface area contributed by atoms with Crippen LogP contribution in [0.15, 0.2) is 0 Å². The van der Waals surface area contributed by atoms with Crippen LogP contribution in [0.2, 0.25) is 0 Å². The highest BCUT2D eigenvalue weighted by Crippen LogP contribution is 2.14. The lowest BCUT2D eigenvalue weighted by Crippen LogP contribution is -2.43. The molecular formula is C11H20N2O4. The average molecular weight is 244 g/mol. The van der Waals surface area contributed by atoms with Crippen LogP contribution in [0.1, 0.15) is 26.7 Å². The molecule has 1 rings (SSSR count). The Bertz CT molecular complexity index is 298. The third-order valence-corrected chi connectivity index (χ3v) is 2.74. The third kappa shape index (κ3) is 4.70. The van der Waals surface area contributed by atoms with E-state index in [1.165, 1.54) is 0 Å². The molecule has 0 aliphatic carbocycles. The minimum atomic E-state index is -0.938. The molecule has 1 fully saturated rings. The zero-order chi connectivity index (χ0) is 13.1. The smallest absolute Gasteiger partial charge is 0.311 e. The van der Waals surface area contributed by atoms with Gasteiger partial charge in [-0.15, -0.1) is 0 Å². The van der Waals surface area contributed by atoms with Crippen LogP contribution in [-0.4, -0.2) is 41.8 Å². The van der Waals surface area contributed by atoms with Gasteiger partial charge in [0, 0.05) is 12.0 Å². The largest absolute Gasteiger partial charge is 0.481 e. The van der Waals surface area contributed by atoms with Gasteiger partial charge >= 0.3 is 5.97 Å². The summed E-state index contributed by atoms with van der Waals surface area (Å²) in [5.41, 5.74) is 5.38. The quantitative estimate of drug-likeness (QED) is 0.617. The van der Waals surface area contributed by atoms with Crippen LogP contribution in [0.25, 0.3) is 0 Å². The van der Waals surface area contributed by atoms with Crippen molar-refractivity contribution >= 4 is 11.9 Å². The Morgan fingerprint density at radius 1 is 1.47 bits per heavy atom. The van der Waals surface area contributed by atoms with E-state index in [1.807, 2.05) is 13.8 Å². The van der Waals surface area contributed by atoms with Crippen LogP contribution in [0.3, 0.4) is 0 Å². The van der Waals surface area contributed by atoms with Gasteiger partial charge in [-0.1, -0.05) is 0 Å². The molecule has 2 atom stereocenters. The van der Waals surface area contributed by atoms with Gasteiger partial charge in [0.2, 0.25) is 5.91 Å². The second-order valence-electron chi connectivity index (χ2n) is 5.14. The predicted octanol–water partition coefficient (Wildman–Crippen LogP) is -0.280. The van der Waals surface area contributed by atoms with Crippen molar-refractivity contribution in [3.63, 3.8) is 0 Å². The highest BCUT2D eigenvalue weighted by Gasteiger charge is 2.34. The first-order chi connectivity index (χ1) is 7.79. The van der Waals surface area contributed by atoms with Gasteiger partial charge in [0.05, 0.1) is 19.3 Å². The van der Waals surface area contributed by atoms with E-state index < -0.39 is 23.5 Å². The number of rotatable bonds is 5. The second-order valence-corrected chi connectivity index (χ2v) is 5.14. The van der Waals surface area contributed by atoms with Crippen molar-refractivity contribution in [3.8, 4) is 0 Å². The molecule has 6 heteroatoms. The standard InChI is InChI=1S/C11H20N2O4/c1-11(2,12)4-3-9(14)13-8-6-17-5-7(8)10(15)16/h7-8H,3-6,12H2,1-2H3,(H,13,14)(H,15,16). The molecular weight excluding hydrogens is 224 g/mol. The summed E-state index contributed by atoms with van der Waals surface area (Å²) < 4.78 is 5.06. The van der Waals surface area contributed by atoms with Crippen molar-refractivity contribution in [1.29, 1.82) is 0 Å². The maximum atomic E-state index is 11.6. The number of nitrogens with one attached hydrogen (secondary N) is 1. The number of hydrogen-bond donors (Lipinski definition) is 3. The van der Waals surface area contributed by atoms with Crippen LogP contribution < -0.4 is 11.1 Å². The minimum Gasteiger partial charge on any atom is -0.481 e. The van der Waals surface area contributed by atoms with Gasteiger partial charge in [0.25, 0.3) is 0 Å². The van der Waals surface area contributed by atoms with E-state index in [0.717, 1.165) is 0 Å². The SMILES string of the molecule is CC(C)(N)CCC(=O)NC1COCC1C(=O)O. The van der Waals surface area contributed by atoms with Crippen molar-refractivity contribution in [2.24, 2.45) is 11.7 Å². The first-order valence-electron chi connectivity index (χ1n) is 5.68. The number of carboxylic acids is 1. The van der Waals surface area contributed by atoms with Gasteiger partial charge in [0.1, 0.15) is 5.92 Å². The zero-order valence-electron chi connectivity index (χ0n) is 10.2. The lowest BCUT2D eigenvalue weighted by Gasteiger charge is -2.19. The van der Waals surface area contributed by atoms with Gasteiger partial charge in [-0.25, -0.2) is 0 Å². The Hall–Kier alpha value is -1.14. The summed E-state index contributed by atoms with van der Waals surface area (Å²) >= 11 is 0. The fourth-order valence-corrected chi connectivity index (χ4v) is 1.65. The molecule has 0 aromatic heterocycles. The van der Waals surface area contributed by atoms with Gasteiger partial charge in [0.15, 0.2) is 0 Å². The van der Waals surface area contributed by atoms with Crippen molar-refractivity contribution in [3.05, 3.63) is 0 Å². The molecule has 1 aliphatic heterocycles. The molecule has 0 bridgehead atoms. The Kier molecular flexibility index (Phi) is 4.47. The molecule has 0 saturated carbocycles. The minimum absolute atomic E-state index is 0.155. The maximum absolute atomic E-state index is 11.6. The van der Waals surface area contributed by atoms with Gasteiger partial charge in [-0.3, -0.25) is 9.59 Å². The maximum Gasteiger partial charge on any atom is 0.311 e. The van der Waals surface area contributed by atoms with E-state index in [9.17, 15) is 9.59 Å². The van der Waals surface area contributed by atoms with E-state index in [0.29, 0.717) is 12.8 Å². The average Bonchev–Trinajstić information content (AvgIpc) is 2.62. The molecule has 0 aromatic carbocycles. The van der Waals surface area contributed by atoms with Crippen LogP contribution in [0, 0.1) is 5.92 Å². The molecule has 1 heterocycles. The molecule has 17 heavy (non-hydrogen) atoms. The Balaban J connectivity index is 2.38. The van der Waals surface area contributed by atoms with Crippen molar-refractivity contribution < 1.29 is 19.4 Å². The molecule has 0 spiro atoms. The number of aliphatic carboxylic acids is 1. The zero-order valence-corrected chi connectivity index (χ0v) is 10.2. The van der Waals surface area contributed by atoms with E-state index in [2.05, 4.69) is 5.32 Å². The molecule has 1 amide bonds. The van der Waals surface area contributed by atoms with Crippen LogP contribution in [0.5, 0.6) is 0 Å². The fraction of sp³-hybridized carbons (Fsp3) is 0.818. The van der Waals surface area contributed by atoms with Gasteiger partial charge in [-0.2, -0.15) is 0 Å². The summed E-state index contributed by atoms with van der Waals surface area (Å²) in [7, 11) is 0. The van der Waals surface area contributed by atoms with Crippen molar-refractivity contribution in [2.45, 2.75) is 38.3 Å². The molecule has 0 radical (unpaired) electrons. The van der Waals surface area contributed by atoms with Crippen LogP contribution in [-0.2, 0) is 14.3 Å². The van der Waals surface area contributed by atoms with Crippen LogP contribution >= 0.6 is 0 Å². The summed E-state index contributed by atoms with van der Waals surface area (Å²) in [6.45, 7) is 4.11. The number of ether oxygens (including phenoxy) is 1. The van der Waals surface area contributed by atoms with Crippen LogP contribution in [0.4, 0.5) is 0 Å². The predicted molar refractivity (Wildman–Crippen MR) is 61.4 cm³/mol. The lowest BCUT2D eigenvalue weighted by molar-refractivity contribution is -0.142.